The zero-order chi connectivity index (χ0) is 22.7. The van der Waals surface area contributed by atoms with E-state index in [-0.39, 0.29) is 24.0 Å². The van der Waals surface area contributed by atoms with E-state index in [1.165, 1.54) is 11.3 Å². The van der Waals surface area contributed by atoms with Gasteiger partial charge in [-0.25, -0.2) is 4.98 Å². The number of hydrogen-bond acceptors (Lipinski definition) is 8. The molecule has 2 aliphatic rings. The van der Waals surface area contributed by atoms with E-state index in [0.29, 0.717) is 42.4 Å². The Labute approximate surface area is 191 Å². The summed E-state index contributed by atoms with van der Waals surface area (Å²) in [6.07, 6.45) is 3.49. The second-order valence-corrected chi connectivity index (χ2v) is 9.30. The molecule has 9 nitrogen and oxygen atoms in total. The molecule has 2 aromatic rings. The van der Waals surface area contributed by atoms with Gasteiger partial charge in [-0.3, -0.25) is 9.59 Å². The number of nitrogens with one attached hydrogen (secondary N) is 3. The summed E-state index contributed by atoms with van der Waals surface area (Å²) >= 11 is 1.36. The molecule has 2 heterocycles. The molecule has 32 heavy (non-hydrogen) atoms. The van der Waals surface area contributed by atoms with Crippen molar-refractivity contribution in [2.24, 2.45) is 5.73 Å². The minimum Gasteiger partial charge on any atom is -0.391 e. The van der Waals surface area contributed by atoms with E-state index in [1.54, 1.807) is 12.4 Å². The summed E-state index contributed by atoms with van der Waals surface area (Å²) in [5.74, 6) is -0.619. The van der Waals surface area contributed by atoms with Crippen molar-refractivity contribution in [1.82, 2.24) is 10.3 Å². The lowest BCUT2D eigenvalue weighted by Crippen LogP contribution is -2.59. The minimum atomic E-state index is -0.689. The number of likely N-dealkylation sites (N-methyl/N-ethyl adjacent to an activating group) is 1. The van der Waals surface area contributed by atoms with Crippen molar-refractivity contribution in [1.29, 1.82) is 0 Å². The van der Waals surface area contributed by atoms with Gasteiger partial charge in [-0.15, -0.1) is 11.3 Å². The predicted octanol–water partition coefficient (Wildman–Crippen LogP) is 1.76. The number of nitrogens with zero attached hydrogens (tertiary/aromatic N) is 2. The van der Waals surface area contributed by atoms with Crippen molar-refractivity contribution in [2.45, 2.75) is 49.8 Å². The third-order valence-corrected chi connectivity index (χ3v) is 7.36. The SMILES string of the molecule is CNC1(C(N)=O)CCN(c2ccccc2NC(=O)c2csc(NC3CCC[C@H]3O)n2)CC1. The lowest BCUT2D eigenvalue weighted by molar-refractivity contribution is -0.125. The highest BCUT2D eigenvalue weighted by atomic mass is 32.1. The average molecular weight is 459 g/mol. The molecular formula is C22H30N6O3S. The number of aromatic nitrogens is 1. The number of thiazole rings is 1. The summed E-state index contributed by atoms with van der Waals surface area (Å²) in [5.41, 5.74) is 6.86. The summed E-state index contributed by atoms with van der Waals surface area (Å²) in [7, 11) is 1.76. The molecule has 1 aromatic carbocycles. The summed E-state index contributed by atoms with van der Waals surface area (Å²) in [6, 6.07) is 7.61. The van der Waals surface area contributed by atoms with Gasteiger partial charge in [-0.05, 0) is 51.3 Å². The van der Waals surface area contributed by atoms with E-state index in [2.05, 4.69) is 25.8 Å². The van der Waals surface area contributed by atoms with Gasteiger partial charge in [-0.2, -0.15) is 0 Å². The van der Waals surface area contributed by atoms with Crippen molar-refractivity contribution in [3.8, 4) is 0 Å². The van der Waals surface area contributed by atoms with Gasteiger partial charge in [0.1, 0.15) is 11.2 Å². The lowest BCUT2D eigenvalue weighted by Gasteiger charge is -2.41. The summed E-state index contributed by atoms with van der Waals surface area (Å²) in [6.45, 7) is 1.29. The topological polar surface area (TPSA) is 133 Å². The van der Waals surface area contributed by atoms with Crippen LogP contribution in [0.2, 0.25) is 0 Å². The van der Waals surface area contributed by atoms with Crippen molar-refractivity contribution in [2.75, 3.05) is 35.7 Å². The summed E-state index contributed by atoms with van der Waals surface area (Å²) < 4.78 is 0. The maximum absolute atomic E-state index is 12.9. The third-order valence-electron chi connectivity index (χ3n) is 6.59. The maximum Gasteiger partial charge on any atom is 0.275 e. The van der Waals surface area contributed by atoms with Crippen LogP contribution in [0.3, 0.4) is 0 Å². The van der Waals surface area contributed by atoms with Gasteiger partial charge >= 0.3 is 0 Å². The van der Waals surface area contributed by atoms with Gasteiger partial charge in [-0.1, -0.05) is 12.1 Å². The molecule has 172 valence electrons. The molecule has 1 saturated carbocycles. The number of para-hydroxylation sites is 2. The Hall–Kier alpha value is -2.69. The first-order valence-electron chi connectivity index (χ1n) is 11.0. The predicted molar refractivity (Wildman–Crippen MR) is 126 cm³/mol. The van der Waals surface area contributed by atoms with Crippen LogP contribution in [0, 0.1) is 0 Å². The molecular weight excluding hydrogens is 428 g/mol. The fraction of sp³-hybridized carbons (Fsp3) is 0.500. The van der Waals surface area contributed by atoms with Gasteiger partial charge in [0.15, 0.2) is 5.13 Å². The quantitative estimate of drug-likeness (QED) is 0.427. The number of piperidine rings is 1. The van der Waals surface area contributed by atoms with Crippen LogP contribution in [0.1, 0.15) is 42.6 Å². The summed E-state index contributed by atoms with van der Waals surface area (Å²) in [5, 5.41) is 21.7. The van der Waals surface area contributed by atoms with Crippen molar-refractivity contribution in [3.05, 3.63) is 35.3 Å². The van der Waals surface area contributed by atoms with Gasteiger partial charge in [0, 0.05) is 18.5 Å². The highest BCUT2D eigenvalue weighted by Crippen LogP contribution is 2.32. The molecule has 4 rings (SSSR count). The zero-order valence-corrected chi connectivity index (χ0v) is 19.0. The molecule has 1 aliphatic heterocycles. The first-order chi connectivity index (χ1) is 15.4. The van der Waals surface area contributed by atoms with Gasteiger partial charge in [0.2, 0.25) is 5.91 Å². The molecule has 6 N–H and O–H groups in total. The fourth-order valence-electron chi connectivity index (χ4n) is 4.50. The van der Waals surface area contributed by atoms with E-state index in [0.717, 1.165) is 24.9 Å². The largest absolute Gasteiger partial charge is 0.391 e. The molecule has 10 heteroatoms. The van der Waals surface area contributed by atoms with Crippen molar-refractivity contribution < 1.29 is 14.7 Å². The van der Waals surface area contributed by atoms with Crippen LogP contribution in [-0.4, -0.2) is 59.7 Å². The van der Waals surface area contributed by atoms with E-state index < -0.39 is 5.54 Å². The Bertz CT molecular complexity index is 972. The number of anilines is 3. The van der Waals surface area contributed by atoms with E-state index >= 15 is 0 Å². The second-order valence-electron chi connectivity index (χ2n) is 8.44. The molecule has 2 amide bonds. The second kappa shape index (κ2) is 9.43. The van der Waals surface area contributed by atoms with E-state index in [4.69, 9.17) is 5.73 Å². The molecule has 1 aliphatic carbocycles. The van der Waals surface area contributed by atoms with E-state index in [1.807, 2.05) is 24.3 Å². The molecule has 0 radical (unpaired) electrons. The number of primary amides is 1. The highest BCUT2D eigenvalue weighted by molar-refractivity contribution is 7.13. The van der Waals surface area contributed by atoms with Crippen LogP contribution in [-0.2, 0) is 4.79 Å². The Balaban J connectivity index is 1.42. The number of hydrogen-bond donors (Lipinski definition) is 5. The van der Waals surface area contributed by atoms with Crippen molar-refractivity contribution in [3.63, 3.8) is 0 Å². The molecule has 0 bridgehead atoms. The molecule has 2 atom stereocenters. The molecule has 1 saturated heterocycles. The number of benzene rings is 1. The number of rotatable bonds is 7. The smallest absolute Gasteiger partial charge is 0.275 e. The number of carbonyl (C=O) groups excluding carboxylic acids is 2. The normalized spacial score (nSPS) is 22.5. The Morgan fingerprint density at radius 2 is 2.00 bits per heavy atom. The zero-order valence-electron chi connectivity index (χ0n) is 18.1. The van der Waals surface area contributed by atoms with Crippen LogP contribution < -0.4 is 26.6 Å². The number of amides is 2. The molecule has 1 unspecified atom stereocenters. The average Bonchev–Trinajstić information content (AvgIpc) is 3.43. The number of aliphatic hydroxyl groups is 1. The lowest BCUT2D eigenvalue weighted by atomic mass is 9.86. The van der Waals surface area contributed by atoms with Gasteiger partial charge < -0.3 is 31.7 Å². The fourth-order valence-corrected chi connectivity index (χ4v) is 5.26. The first-order valence-corrected chi connectivity index (χ1v) is 11.8. The number of carbonyl (C=O) groups is 2. The maximum atomic E-state index is 12.9. The van der Waals surface area contributed by atoms with Crippen LogP contribution in [0.25, 0.3) is 0 Å². The van der Waals surface area contributed by atoms with Crippen LogP contribution >= 0.6 is 11.3 Å². The standard InChI is InChI=1S/C22H30N6O3S/c1-24-22(20(23)31)9-11-28(12-10-22)17-7-3-2-5-14(17)25-19(30)16-13-32-21(27-16)26-15-6-4-8-18(15)29/h2-3,5,7,13,15,18,24,29H,4,6,8-12H2,1H3,(H2,23,31)(H,25,30)(H,26,27)/t15?,18-/m1/s1. The Kier molecular flexibility index (Phi) is 6.63. The highest BCUT2D eigenvalue weighted by Gasteiger charge is 2.38. The van der Waals surface area contributed by atoms with Gasteiger partial charge in [0.05, 0.1) is 23.5 Å². The Morgan fingerprint density at radius 1 is 1.25 bits per heavy atom. The van der Waals surface area contributed by atoms with Crippen molar-refractivity contribution >= 4 is 39.7 Å². The summed E-state index contributed by atoms with van der Waals surface area (Å²) in [4.78, 5) is 31.3. The van der Waals surface area contributed by atoms with E-state index in [9.17, 15) is 14.7 Å². The minimum absolute atomic E-state index is 0.0120. The van der Waals surface area contributed by atoms with Gasteiger partial charge in [0.25, 0.3) is 5.91 Å². The molecule has 0 spiro atoms. The Morgan fingerprint density at radius 3 is 2.66 bits per heavy atom. The van der Waals surface area contributed by atoms with Crippen LogP contribution in [0.4, 0.5) is 16.5 Å². The van der Waals surface area contributed by atoms with Crippen LogP contribution in [0.15, 0.2) is 29.6 Å². The third kappa shape index (κ3) is 4.57. The monoisotopic (exact) mass is 458 g/mol. The molecule has 1 aromatic heterocycles. The number of nitrogens with two attached hydrogens (primary N) is 1. The molecule has 2 fully saturated rings. The first kappa shape index (κ1) is 22.5. The number of aliphatic hydroxyl groups excluding tert-OH is 1. The van der Waals surface area contributed by atoms with Crippen LogP contribution in [0.5, 0.6) is 0 Å².